The highest BCUT2D eigenvalue weighted by atomic mass is 79.9. The minimum Gasteiger partial charge on any atom is -0.393 e. The number of hydrazine groups is 1. The normalized spacial score (nSPS) is 10.6. The van der Waals surface area contributed by atoms with Crippen LogP contribution in [-0.2, 0) is 0 Å². The van der Waals surface area contributed by atoms with E-state index in [-0.39, 0.29) is 17.4 Å². The highest BCUT2D eigenvalue weighted by Crippen LogP contribution is 2.29. The van der Waals surface area contributed by atoms with Gasteiger partial charge in [-0.25, -0.2) is 9.97 Å². The van der Waals surface area contributed by atoms with Gasteiger partial charge in [-0.2, -0.15) is 0 Å². The molecular formula is C21H18BrN7O. The van der Waals surface area contributed by atoms with Gasteiger partial charge in [-0.05, 0) is 47.1 Å². The quantitative estimate of drug-likeness (QED) is 0.328. The molecule has 0 bridgehead atoms. The zero-order valence-electron chi connectivity index (χ0n) is 16.0. The van der Waals surface area contributed by atoms with Gasteiger partial charge in [0.15, 0.2) is 11.6 Å². The first kappa shape index (κ1) is 19.6. The number of nitrogens with zero attached hydrogens (tertiary/aromatic N) is 3. The molecule has 0 saturated heterocycles. The Hall–Kier alpha value is -3.72. The van der Waals surface area contributed by atoms with Gasteiger partial charge in [-0.3, -0.25) is 20.6 Å². The highest BCUT2D eigenvalue weighted by Gasteiger charge is 2.13. The molecule has 0 radical (unpaired) electrons. The average Bonchev–Trinajstić information content (AvgIpc) is 2.75. The lowest BCUT2D eigenvalue weighted by Crippen LogP contribution is -2.30. The average molecular weight is 464 g/mol. The summed E-state index contributed by atoms with van der Waals surface area (Å²) >= 11 is 3.36. The summed E-state index contributed by atoms with van der Waals surface area (Å²) in [5.41, 5.74) is 14.8. The van der Waals surface area contributed by atoms with E-state index in [2.05, 4.69) is 47.1 Å². The van der Waals surface area contributed by atoms with Crippen molar-refractivity contribution < 1.29 is 4.79 Å². The number of hydrogen-bond donors (Lipinski definition) is 4. The van der Waals surface area contributed by atoms with Crippen LogP contribution in [0.5, 0.6) is 0 Å². The van der Waals surface area contributed by atoms with E-state index < -0.39 is 0 Å². The van der Waals surface area contributed by atoms with Crippen molar-refractivity contribution in [3.05, 3.63) is 76.7 Å². The maximum absolute atomic E-state index is 12.4. The number of nitrogens with one attached hydrogen (secondary N) is 3. The van der Waals surface area contributed by atoms with E-state index in [9.17, 15) is 4.79 Å². The lowest BCUT2D eigenvalue weighted by molar-refractivity contribution is 0.0961. The van der Waals surface area contributed by atoms with Gasteiger partial charge in [-0.15, -0.1) is 0 Å². The maximum atomic E-state index is 12.4. The molecule has 9 heteroatoms. The number of hydrogen-bond acceptors (Lipinski definition) is 7. The summed E-state index contributed by atoms with van der Waals surface area (Å²) in [6, 6.07) is 16.9. The number of carbonyl (C=O) groups excluding carboxylic acids is 1. The van der Waals surface area contributed by atoms with Gasteiger partial charge in [0.2, 0.25) is 0 Å². The summed E-state index contributed by atoms with van der Waals surface area (Å²) < 4.78 is 0.682. The first-order valence-corrected chi connectivity index (χ1v) is 9.87. The van der Waals surface area contributed by atoms with Crippen molar-refractivity contribution in [3.63, 3.8) is 0 Å². The van der Waals surface area contributed by atoms with E-state index in [4.69, 9.17) is 5.73 Å². The third-order valence-corrected chi connectivity index (χ3v) is 5.10. The van der Waals surface area contributed by atoms with Crippen LogP contribution in [0.15, 0.2) is 65.4 Å². The van der Waals surface area contributed by atoms with E-state index in [0.29, 0.717) is 15.9 Å². The summed E-state index contributed by atoms with van der Waals surface area (Å²) in [7, 11) is 0. The molecule has 2 aromatic heterocycles. The second kappa shape index (κ2) is 8.34. The number of nitrogen functional groups attached to an aromatic ring is 1. The molecule has 0 atom stereocenters. The van der Waals surface area contributed by atoms with Gasteiger partial charge >= 0.3 is 0 Å². The number of para-hydroxylation sites is 1. The molecule has 0 aliphatic rings. The Bertz CT molecular complexity index is 1250. The van der Waals surface area contributed by atoms with Crippen molar-refractivity contribution in [2.75, 3.05) is 16.5 Å². The number of pyridine rings is 1. The molecule has 2 aromatic carbocycles. The van der Waals surface area contributed by atoms with Crippen LogP contribution >= 0.6 is 15.9 Å². The molecule has 0 aliphatic heterocycles. The van der Waals surface area contributed by atoms with Gasteiger partial charge in [0.1, 0.15) is 12.0 Å². The summed E-state index contributed by atoms with van der Waals surface area (Å²) in [5, 5.41) is 4.21. The summed E-state index contributed by atoms with van der Waals surface area (Å²) in [6.07, 6.45) is 1.36. The molecule has 4 aromatic rings. The Morgan fingerprint density at radius 2 is 1.80 bits per heavy atom. The maximum Gasteiger partial charge on any atom is 0.270 e. The van der Waals surface area contributed by atoms with Crippen LogP contribution in [0.25, 0.3) is 10.9 Å². The number of amides is 1. The van der Waals surface area contributed by atoms with Crippen molar-refractivity contribution in [1.29, 1.82) is 0 Å². The summed E-state index contributed by atoms with van der Waals surface area (Å²) in [6.45, 7) is 1.94. The largest absolute Gasteiger partial charge is 0.393 e. The van der Waals surface area contributed by atoms with Crippen LogP contribution in [0, 0.1) is 6.92 Å². The number of aromatic nitrogens is 3. The van der Waals surface area contributed by atoms with Crippen LogP contribution in [-0.4, -0.2) is 20.9 Å². The highest BCUT2D eigenvalue weighted by molar-refractivity contribution is 9.10. The lowest BCUT2D eigenvalue weighted by atomic mass is 10.1. The van der Waals surface area contributed by atoms with Crippen LogP contribution in [0.3, 0.4) is 0 Å². The SMILES string of the molecule is Cc1ccc2cccc(Nc3ncnc(NNC(=O)c4ccccc4Br)c3N)c2n1. The first-order valence-electron chi connectivity index (χ1n) is 9.07. The van der Waals surface area contributed by atoms with Gasteiger partial charge < -0.3 is 11.1 Å². The number of carbonyl (C=O) groups is 1. The zero-order chi connectivity index (χ0) is 21.1. The fourth-order valence-corrected chi connectivity index (χ4v) is 3.36. The first-order chi connectivity index (χ1) is 14.5. The fraction of sp³-hybridized carbons (Fsp3) is 0.0476. The topological polar surface area (TPSA) is 118 Å². The van der Waals surface area contributed by atoms with Crippen molar-refractivity contribution in [2.24, 2.45) is 0 Å². The molecule has 4 rings (SSSR count). The predicted octanol–water partition coefficient (Wildman–Crippen LogP) is 4.18. The van der Waals surface area contributed by atoms with Crippen LogP contribution in [0.4, 0.5) is 23.0 Å². The number of aryl methyl sites for hydroxylation is 1. The number of rotatable bonds is 5. The third kappa shape index (κ3) is 4.01. The van der Waals surface area contributed by atoms with Crippen molar-refractivity contribution in [2.45, 2.75) is 6.92 Å². The fourth-order valence-electron chi connectivity index (χ4n) is 2.90. The molecule has 8 nitrogen and oxygen atoms in total. The standard InChI is InChI=1S/C21H18BrN7O/c1-12-9-10-13-5-4-8-16(18(13)26-12)27-19-17(23)20(25-11-24-19)28-29-21(30)14-6-2-3-7-15(14)22/h2-11H,23H2,1H3,(H,29,30)(H2,24,25,27,28). The smallest absolute Gasteiger partial charge is 0.270 e. The van der Waals surface area contributed by atoms with Gasteiger partial charge in [0, 0.05) is 15.6 Å². The number of anilines is 4. The number of halogens is 1. The minimum atomic E-state index is -0.330. The number of fused-ring (bicyclic) bond motifs is 1. The van der Waals surface area contributed by atoms with E-state index in [1.54, 1.807) is 18.2 Å². The Kier molecular flexibility index (Phi) is 5.44. The van der Waals surface area contributed by atoms with Gasteiger partial charge in [-0.1, -0.05) is 30.3 Å². The molecule has 0 saturated carbocycles. The number of benzene rings is 2. The molecule has 1 amide bonds. The summed E-state index contributed by atoms with van der Waals surface area (Å²) in [4.78, 5) is 25.3. The van der Waals surface area contributed by atoms with Crippen molar-refractivity contribution in [1.82, 2.24) is 20.4 Å². The molecule has 5 N–H and O–H groups in total. The molecule has 2 heterocycles. The summed E-state index contributed by atoms with van der Waals surface area (Å²) in [5.74, 6) is 0.347. The molecule has 0 unspecified atom stereocenters. The second-order valence-corrected chi connectivity index (χ2v) is 7.35. The second-order valence-electron chi connectivity index (χ2n) is 6.50. The molecule has 0 aliphatic carbocycles. The minimum absolute atomic E-state index is 0.259. The Labute approximate surface area is 181 Å². The van der Waals surface area contributed by atoms with Gasteiger partial charge in [0.05, 0.1) is 16.8 Å². The Morgan fingerprint density at radius 1 is 1.00 bits per heavy atom. The number of nitrogens with two attached hydrogens (primary N) is 1. The van der Waals surface area contributed by atoms with E-state index in [1.807, 2.05) is 43.3 Å². The van der Waals surface area contributed by atoms with Crippen LogP contribution < -0.4 is 21.9 Å². The zero-order valence-corrected chi connectivity index (χ0v) is 17.6. The van der Waals surface area contributed by atoms with Crippen LogP contribution in [0.2, 0.25) is 0 Å². The monoisotopic (exact) mass is 463 g/mol. The van der Waals surface area contributed by atoms with Crippen molar-refractivity contribution >= 4 is 55.8 Å². The van der Waals surface area contributed by atoms with E-state index in [1.165, 1.54) is 6.33 Å². The lowest BCUT2D eigenvalue weighted by Gasteiger charge is -2.14. The molecular weight excluding hydrogens is 446 g/mol. The third-order valence-electron chi connectivity index (χ3n) is 4.41. The van der Waals surface area contributed by atoms with Crippen molar-refractivity contribution in [3.8, 4) is 0 Å². The molecule has 0 spiro atoms. The molecule has 150 valence electrons. The molecule has 30 heavy (non-hydrogen) atoms. The Balaban J connectivity index is 1.56. The van der Waals surface area contributed by atoms with E-state index >= 15 is 0 Å². The van der Waals surface area contributed by atoms with Gasteiger partial charge in [0.25, 0.3) is 5.91 Å². The Morgan fingerprint density at radius 3 is 2.63 bits per heavy atom. The molecule has 0 fully saturated rings. The predicted molar refractivity (Wildman–Crippen MR) is 121 cm³/mol. The van der Waals surface area contributed by atoms with Crippen LogP contribution in [0.1, 0.15) is 16.1 Å². The van der Waals surface area contributed by atoms with E-state index in [0.717, 1.165) is 22.3 Å².